The summed E-state index contributed by atoms with van der Waals surface area (Å²) >= 11 is 1.58. The van der Waals surface area contributed by atoms with Gasteiger partial charge in [0.2, 0.25) is 17.6 Å². The minimum atomic E-state index is 0.000729. The number of hydrogen-bond acceptors (Lipinski definition) is 6. The molecule has 1 aliphatic rings. The smallest absolute Gasteiger partial charge is 0.241 e. The summed E-state index contributed by atoms with van der Waals surface area (Å²) in [5.41, 5.74) is 1.12. The quantitative estimate of drug-likeness (QED) is 0.780. The number of carbonyl (C=O) groups excluding carboxylic acids is 1. The Balaban J connectivity index is 1.57. The van der Waals surface area contributed by atoms with E-state index < -0.39 is 0 Å². The second-order valence-electron chi connectivity index (χ2n) is 5.94. The molecule has 7 heteroatoms. The lowest BCUT2D eigenvalue weighted by molar-refractivity contribution is -0.121. The highest BCUT2D eigenvalue weighted by Crippen LogP contribution is 2.28. The molecule has 6 nitrogen and oxygen atoms in total. The van der Waals surface area contributed by atoms with Crippen molar-refractivity contribution < 1.29 is 9.32 Å². The molecule has 0 saturated carbocycles. The van der Waals surface area contributed by atoms with Crippen molar-refractivity contribution in [2.45, 2.75) is 19.0 Å². The van der Waals surface area contributed by atoms with Crippen molar-refractivity contribution in [2.75, 3.05) is 13.1 Å². The molecule has 1 N–H and O–H groups in total. The van der Waals surface area contributed by atoms with E-state index >= 15 is 0 Å². The number of hydrogen-bond donors (Lipinski definition) is 1. The van der Waals surface area contributed by atoms with E-state index in [2.05, 4.69) is 32.5 Å². The van der Waals surface area contributed by atoms with Gasteiger partial charge in [-0.3, -0.25) is 9.69 Å². The Morgan fingerprint density at radius 2 is 2.12 bits per heavy atom. The Bertz CT molecular complexity index is 832. The molecule has 1 fully saturated rings. The fourth-order valence-corrected chi connectivity index (χ4v) is 3.71. The molecule has 0 bridgehead atoms. The van der Waals surface area contributed by atoms with E-state index in [1.807, 2.05) is 35.7 Å². The zero-order valence-corrected chi connectivity index (χ0v) is 14.4. The highest BCUT2D eigenvalue weighted by Gasteiger charge is 2.27. The Kier molecular flexibility index (Phi) is 4.58. The van der Waals surface area contributed by atoms with Crippen molar-refractivity contribution >= 4 is 17.2 Å². The lowest BCUT2D eigenvalue weighted by Crippen LogP contribution is -2.30. The van der Waals surface area contributed by atoms with Crippen LogP contribution in [0.4, 0.5) is 0 Å². The van der Waals surface area contributed by atoms with E-state index in [9.17, 15) is 4.79 Å². The first kappa shape index (κ1) is 16.0. The number of rotatable bonds is 4. The third kappa shape index (κ3) is 3.62. The molecule has 0 spiro atoms. The number of aromatic nitrogens is 2. The minimum Gasteiger partial charge on any atom is -0.355 e. The van der Waals surface area contributed by atoms with Crippen LogP contribution in [0.15, 0.2) is 52.4 Å². The SMILES string of the molecule is O=C1C[C@@H](c2ccccc2)N(Cc2nc(-c3cccs3)no2)CCN1. The first-order chi connectivity index (χ1) is 12.3. The molecule has 1 saturated heterocycles. The number of amides is 1. The first-order valence-corrected chi connectivity index (χ1v) is 9.10. The van der Waals surface area contributed by atoms with Crippen LogP contribution in [0.5, 0.6) is 0 Å². The molecular formula is C18H18N4O2S. The first-order valence-electron chi connectivity index (χ1n) is 8.22. The van der Waals surface area contributed by atoms with Crippen molar-refractivity contribution in [3.05, 3.63) is 59.3 Å². The van der Waals surface area contributed by atoms with Crippen LogP contribution >= 0.6 is 11.3 Å². The molecule has 0 unspecified atom stereocenters. The van der Waals surface area contributed by atoms with Gasteiger partial charge in [-0.25, -0.2) is 0 Å². The van der Waals surface area contributed by atoms with Crippen LogP contribution in [0.3, 0.4) is 0 Å². The fourth-order valence-electron chi connectivity index (χ4n) is 3.06. The van der Waals surface area contributed by atoms with Crippen LogP contribution in [-0.4, -0.2) is 34.0 Å². The average molecular weight is 354 g/mol. The van der Waals surface area contributed by atoms with Gasteiger partial charge in [0, 0.05) is 25.6 Å². The van der Waals surface area contributed by atoms with Crippen molar-refractivity contribution in [1.29, 1.82) is 0 Å². The van der Waals surface area contributed by atoms with Crippen LogP contribution in [-0.2, 0) is 11.3 Å². The molecule has 0 radical (unpaired) electrons. The summed E-state index contributed by atoms with van der Waals surface area (Å²) in [6, 6.07) is 14.0. The molecule has 1 aromatic carbocycles. The van der Waals surface area contributed by atoms with Crippen molar-refractivity contribution in [3.8, 4) is 10.7 Å². The summed E-state index contributed by atoms with van der Waals surface area (Å²) in [5, 5.41) is 9.01. The van der Waals surface area contributed by atoms with Crippen LogP contribution in [0.25, 0.3) is 10.7 Å². The third-order valence-corrected chi connectivity index (χ3v) is 5.14. The Labute approximate surface area is 149 Å². The molecule has 128 valence electrons. The van der Waals surface area contributed by atoms with Gasteiger partial charge >= 0.3 is 0 Å². The molecule has 25 heavy (non-hydrogen) atoms. The normalized spacial score (nSPS) is 18.7. The van der Waals surface area contributed by atoms with E-state index in [0.29, 0.717) is 31.2 Å². The van der Waals surface area contributed by atoms with E-state index in [1.54, 1.807) is 11.3 Å². The fraction of sp³-hybridized carbons (Fsp3) is 0.278. The number of carbonyl (C=O) groups is 1. The van der Waals surface area contributed by atoms with E-state index in [4.69, 9.17) is 4.52 Å². The summed E-state index contributed by atoms with van der Waals surface area (Å²) in [7, 11) is 0. The average Bonchev–Trinajstić information content (AvgIpc) is 3.28. The molecule has 1 aliphatic heterocycles. The van der Waals surface area contributed by atoms with Gasteiger partial charge in [0.05, 0.1) is 11.4 Å². The summed E-state index contributed by atoms with van der Waals surface area (Å²) in [6.45, 7) is 1.88. The molecule has 3 aromatic rings. The van der Waals surface area contributed by atoms with Crippen molar-refractivity contribution in [1.82, 2.24) is 20.4 Å². The van der Waals surface area contributed by atoms with Gasteiger partial charge in [-0.05, 0) is 17.0 Å². The van der Waals surface area contributed by atoms with Gasteiger partial charge in [0.1, 0.15) is 0 Å². The van der Waals surface area contributed by atoms with Gasteiger partial charge in [-0.1, -0.05) is 41.6 Å². The highest BCUT2D eigenvalue weighted by atomic mass is 32.1. The van der Waals surface area contributed by atoms with Crippen LogP contribution < -0.4 is 5.32 Å². The van der Waals surface area contributed by atoms with Gasteiger partial charge in [0.25, 0.3) is 0 Å². The summed E-state index contributed by atoms with van der Waals surface area (Å²) in [6.07, 6.45) is 0.427. The van der Waals surface area contributed by atoms with Gasteiger partial charge in [0.15, 0.2) is 0 Å². The summed E-state index contributed by atoms with van der Waals surface area (Å²) < 4.78 is 5.44. The molecule has 0 aliphatic carbocycles. The molecule has 3 heterocycles. The summed E-state index contributed by atoms with van der Waals surface area (Å²) in [5.74, 6) is 1.25. The van der Waals surface area contributed by atoms with Crippen LogP contribution in [0, 0.1) is 0 Å². The maximum Gasteiger partial charge on any atom is 0.241 e. The Morgan fingerprint density at radius 3 is 2.92 bits per heavy atom. The predicted octanol–water partition coefficient (Wildman–Crippen LogP) is 2.86. The molecule has 1 atom stereocenters. The predicted molar refractivity (Wildman–Crippen MR) is 94.8 cm³/mol. The van der Waals surface area contributed by atoms with E-state index in [0.717, 1.165) is 17.0 Å². The third-order valence-electron chi connectivity index (χ3n) is 4.27. The summed E-state index contributed by atoms with van der Waals surface area (Å²) in [4.78, 5) is 19.8. The number of benzene rings is 1. The number of nitrogens with one attached hydrogen (secondary N) is 1. The number of thiophene rings is 1. The van der Waals surface area contributed by atoms with Gasteiger partial charge < -0.3 is 9.84 Å². The lowest BCUT2D eigenvalue weighted by atomic mass is 10.0. The molecule has 2 aromatic heterocycles. The second-order valence-corrected chi connectivity index (χ2v) is 6.89. The van der Waals surface area contributed by atoms with Crippen LogP contribution in [0.1, 0.15) is 23.9 Å². The largest absolute Gasteiger partial charge is 0.355 e. The molecule has 4 rings (SSSR count). The standard InChI is InChI=1S/C18H18N4O2S/c23-16-11-14(13-5-2-1-3-6-13)22(9-8-19-16)12-17-20-18(21-24-17)15-7-4-10-25-15/h1-7,10,14H,8-9,11-12H2,(H,19,23)/t14-/m0/s1. The monoisotopic (exact) mass is 354 g/mol. The minimum absolute atomic E-state index is 0.000729. The van der Waals surface area contributed by atoms with E-state index in [1.165, 1.54) is 0 Å². The van der Waals surface area contributed by atoms with Gasteiger partial charge in [-0.2, -0.15) is 4.98 Å². The van der Waals surface area contributed by atoms with E-state index in [-0.39, 0.29) is 11.9 Å². The lowest BCUT2D eigenvalue weighted by Gasteiger charge is -2.27. The molecular weight excluding hydrogens is 336 g/mol. The maximum atomic E-state index is 12.0. The van der Waals surface area contributed by atoms with Gasteiger partial charge in [-0.15, -0.1) is 11.3 Å². The van der Waals surface area contributed by atoms with Crippen molar-refractivity contribution in [3.63, 3.8) is 0 Å². The highest BCUT2D eigenvalue weighted by molar-refractivity contribution is 7.13. The zero-order valence-electron chi connectivity index (χ0n) is 13.6. The topological polar surface area (TPSA) is 71.3 Å². The van der Waals surface area contributed by atoms with Crippen LogP contribution in [0.2, 0.25) is 0 Å². The Hall–Kier alpha value is -2.51. The Morgan fingerprint density at radius 1 is 1.24 bits per heavy atom. The molecule has 1 amide bonds. The number of nitrogens with zero attached hydrogens (tertiary/aromatic N) is 3. The van der Waals surface area contributed by atoms with Crippen molar-refractivity contribution in [2.24, 2.45) is 0 Å². The second kappa shape index (κ2) is 7.16. The zero-order chi connectivity index (χ0) is 17.1. The maximum absolute atomic E-state index is 12.0.